The highest BCUT2D eigenvalue weighted by molar-refractivity contribution is 5.89. The third kappa shape index (κ3) is 5.49. The third-order valence-electron chi connectivity index (χ3n) is 2.95. The number of ether oxygens (including phenoxy) is 1. The normalized spacial score (nSPS) is 10.9. The Balaban J connectivity index is 1.74. The molecule has 2 N–H and O–H groups in total. The first kappa shape index (κ1) is 17.6. The van der Waals surface area contributed by atoms with Crippen LogP contribution >= 0.6 is 0 Å². The van der Waals surface area contributed by atoms with Crippen LogP contribution in [-0.4, -0.2) is 29.3 Å². The molecule has 9 heteroatoms. The van der Waals surface area contributed by atoms with Gasteiger partial charge < -0.3 is 19.9 Å². The zero-order chi connectivity index (χ0) is 17.5. The Bertz CT molecular complexity index is 659. The maximum atomic E-state index is 12.0. The van der Waals surface area contributed by atoms with Crippen LogP contribution in [0.15, 0.2) is 28.8 Å². The number of hydrogen-bond acceptors (Lipinski definition) is 5. The number of nitrogens with zero attached hydrogens (tertiary/aromatic N) is 2. The Kier molecular flexibility index (Phi) is 6.05. The van der Waals surface area contributed by atoms with Crippen LogP contribution in [0.5, 0.6) is 5.75 Å². The first-order chi connectivity index (χ1) is 11.4. The molecule has 0 bridgehead atoms. The molecule has 0 spiro atoms. The van der Waals surface area contributed by atoms with Crippen molar-refractivity contribution in [1.82, 2.24) is 15.5 Å². The summed E-state index contributed by atoms with van der Waals surface area (Å²) in [6.45, 7) is 1.34. The van der Waals surface area contributed by atoms with E-state index in [0.29, 0.717) is 30.4 Å². The number of anilines is 1. The van der Waals surface area contributed by atoms with E-state index in [2.05, 4.69) is 25.5 Å². The SMILES string of the molecule is CC(C)c1nc(CCNC(=O)Nc2ccc(OC(F)F)cc2)no1. The number of hydrogen-bond donors (Lipinski definition) is 2. The van der Waals surface area contributed by atoms with Crippen molar-refractivity contribution in [3.63, 3.8) is 0 Å². The molecule has 1 heterocycles. The lowest BCUT2D eigenvalue weighted by Gasteiger charge is -2.08. The smallest absolute Gasteiger partial charge is 0.387 e. The van der Waals surface area contributed by atoms with Gasteiger partial charge in [-0.1, -0.05) is 19.0 Å². The van der Waals surface area contributed by atoms with Gasteiger partial charge in [0.25, 0.3) is 0 Å². The van der Waals surface area contributed by atoms with Gasteiger partial charge in [-0.2, -0.15) is 13.8 Å². The van der Waals surface area contributed by atoms with Crippen LogP contribution in [-0.2, 0) is 6.42 Å². The van der Waals surface area contributed by atoms with Gasteiger partial charge in [0.2, 0.25) is 5.89 Å². The van der Waals surface area contributed by atoms with E-state index in [1.54, 1.807) is 0 Å². The fourth-order valence-electron chi connectivity index (χ4n) is 1.79. The second-order valence-corrected chi connectivity index (χ2v) is 5.24. The molecular weight excluding hydrogens is 322 g/mol. The summed E-state index contributed by atoms with van der Waals surface area (Å²) in [5.74, 6) is 1.25. The molecule has 0 atom stereocenters. The van der Waals surface area contributed by atoms with E-state index < -0.39 is 12.6 Å². The van der Waals surface area contributed by atoms with Gasteiger partial charge in [0.15, 0.2) is 5.82 Å². The summed E-state index contributed by atoms with van der Waals surface area (Å²) in [5, 5.41) is 9.04. The largest absolute Gasteiger partial charge is 0.435 e. The maximum absolute atomic E-state index is 12.0. The topological polar surface area (TPSA) is 89.3 Å². The molecule has 2 amide bonds. The summed E-state index contributed by atoms with van der Waals surface area (Å²) < 4.78 is 33.4. The summed E-state index contributed by atoms with van der Waals surface area (Å²) in [7, 11) is 0. The number of aromatic nitrogens is 2. The number of nitrogens with one attached hydrogen (secondary N) is 2. The number of carbonyl (C=O) groups excluding carboxylic acids is 1. The Morgan fingerprint density at radius 2 is 2.00 bits per heavy atom. The van der Waals surface area contributed by atoms with Gasteiger partial charge >= 0.3 is 12.6 Å². The molecule has 0 saturated heterocycles. The minimum Gasteiger partial charge on any atom is -0.435 e. The van der Waals surface area contributed by atoms with Crippen LogP contribution in [0.25, 0.3) is 0 Å². The quantitative estimate of drug-likeness (QED) is 0.808. The molecule has 1 aromatic heterocycles. The van der Waals surface area contributed by atoms with E-state index in [0.717, 1.165) is 0 Å². The average molecular weight is 340 g/mol. The summed E-state index contributed by atoms with van der Waals surface area (Å²) in [4.78, 5) is 15.9. The lowest BCUT2D eigenvalue weighted by atomic mass is 10.2. The van der Waals surface area contributed by atoms with Crippen LogP contribution in [0.4, 0.5) is 19.3 Å². The van der Waals surface area contributed by atoms with Crippen LogP contribution in [0.2, 0.25) is 0 Å². The van der Waals surface area contributed by atoms with Gasteiger partial charge in [-0.05, 0) is 24.3 Å². The highest BCUT2D eigenvalue weighted by atomic mass is 19.3. The van der Waals surface area contributed by atoms with E-state index >= 15 is 0 Å². The van der Waals surface area contributed by atoms with Crippen LogP contribution in [0, 0.1) is 0 Å². The highest BCUT2D eigenvalue weighted by Gasteiger charge is 2.10. The Hall–Kier alpha value is -2.71. The number of alkyl halides is 2. The second kappa shape index (κ2) is 8.23. The van der Waals surface area contributed by atoms with Crippen molar-refractivity contribution in [3.05, 3.63) is 36.0 Å². The molecule has 1 aromatic carbocycles. The van der Waals surface area contributed by atoms with Gasteiger partial charge in [0.05, 0.1) is 0 Å². The Morgan fingerprint density at radius 3 is 2.58 bits per heavy atom. The van der Waals surface area contributed by atoms with Crippen LogP contribution in [0.3, 0.4) is 0 Å². The monoisotopic (exact) mass is 340 g/mol. The molecular formula is C15H18F2N4O3. The lowest BCUT2D eigenvalue weighted by molar-refractivity contribution is -0.0498. The number of carbonyl (C=O) groups is 1. The number of amides is 2. The predicted octanol–water partition coefficient (Wildman–Crippen LogP) is 3.16. The van der Waals surface area contributed by atoms with Crippen molar-refractivity contribution in [3.8, 4) is 5.75 Å². The second-order valence-electron chi connectivity index (χ2n) is 5.24. The molecule has 0 saturated carbocycles. The van der Waals surface area contributed by atoms with Crippen molar-refractivity contribution < 1.29 is 22.8 Å². The number of halogens is 2. The van der Waals surface area contributed by atoms with E-state index in [1.165, 1.54) is 24.3 Å². The van der Waals surface area contributed by atoms with Crippen LogP contribution in [0.1, 0.15) is 31.5 Å². The van der Waals surface area contributed by atoms with Gasteiger partial charge in [-0.15, -0.1) is 0 Å². The minimum atomic E-state index is -2.88. The zero-order valence-corrected chi connectivity index (χ0v) is 13.3. The molecule has 24 heavy (non-hydrogen) atoms. The van der Waals surface area contributed by atoms with Gasteiger partial charge in [0.1, 0.15) is 5.75 Å². The molecule has 0 unspecified atom stereocenters. The van der Waals surface area contributed by atoms with Crippen molar-refractivity contribution in [1.29, 1.82) is 0 Å². The van der Waals surface area contributed by atoms with Crippen molar-refractivity contribution >= 4 is 11.7 Å². The molecule has 0 aliphatic rings. The number of benzene rings is 1. The Labute approximate surface area is 137 Å². The fourth-order valence-corrected chi connectivity index (χ4v) is 1.79. The van der Waals surface area contributed by atoms with E-state index in [9.17, 15) is 13.6 Å². The number of rotatable bonds is 7. The summed E-state index contributed by atoms with van der Waals surface area (Å²) >= 11 is 0. The molecule has 130 valence electrons. The van der Waals surface area contributed by atoms with Gasteiger partial charge in [-0.25, -0.2) is 4.79 Å². The Morgan fingerprint density at radius 1 is 1.29 bits per heavy atom. The third-order valence-corrected chi connectivity index (χ3v) is 2.95. The van der Waals surface area contributed by atoms with Crippen molar-refractivity contribution in [2.45, 2.75) is 32.8 Å². The standard InChI is InChI=1S/C15H18F2N4O3/c1-9(2)13-20-12(21-24-13)7-8-18-15(22)19-10-3-5-11(6-4-10)23-14(16)17/h3-6,9,14H,7-8H2,1-2H3,(H2,18,19,22). The lowest BCUT2D eigenvalue weighted by Crippen LogP contribution is -2.30. The molecule has 2 rings (SSSR count). The van der Waals surface area contributed by atoms with E-state index in [4.69, 9.17) is 4.52 Å². The van der Waals surface area contributed by atoms with Gasteiger partial charge in [0, 0.05) is 24.6 Å². The van der Waals surface area contributed by atoms with Crippen molar-refractivity contribution in [2.75, 3.05) is 11.9 Å². The van der Waals surface area contributed by atoms with Crippen molar-refractivity contribution in [2.24, 2.45) is 0 Å². The van der Waals surface area contributed by atoms with Crippen LogP contribution < -0.4 is 15.4 Å². The average Bonchev–Trinajstić information content (AvgIpc) is 2.98. The minimum absolute atomic E-state index is 0.0222. The van der Waals surface area contributed by atoms with E-state index in [-0.39, 0.29) is 11.7 Å². The first-order valence-corrected chi connectivity index (χ1v) is 7.36. The fraction of sp³-hybridized carbons (Fsp3) is 0.400. The van der Waals surface area contributed by atoms with Gasteiger partial charge in [-0.3, -0.25) is 0 Å². The zero-order valence-electron chi connectivity index (χ0n) is 13.3. The summed E-state index contributed by atoms with van der Waals surface area (Å²) in [5.41, 5.74) is 0.454. The molecule has 0 aliphatic carbocycles. The predicted molar refractivity (Wildman–Crippen MR) is 82.2 cm³/mol. The molecule has 7 nitrogen and oxygen atoms in total. The highest BCUT2D eigenvalue weighted by Crippen LogP contribution is 2.17. The molecule has 2 aromatic rings. The summed E-state index contributed by atoms with van der Waals surface area (Å²) in [6.07, 6.45) is 0.435. The molecule has 0 fully saturated rings. The number of urea groups is 1. The molecule has 0 aliphatic heterocycles. The maximum Gasteiger partial charge on any atom is 0.387 e. The molecule has 0 radical (unpaired) electrons. The first-order valence-electron chi connectivity index (χ1n) is 7.36. The van der Waals surface area contributed by atoms with E-state index in [1.807, 2.05) is 13.8 Å². The summed E-state index contributed by atoms with van der Waals surface area (Å²) in [6, 6.07) is 5.19.